The maximum atomic E-state index is 13.4. The Hall–Kier alpha value is -1.38. The van der Waals surface area contributed by atoms with Crippen molar-refractivity contribution >= 4 is 5.91 Å². The zero-order valence-electron chi connectivity index (χ0n) is 9.53. The summed E-state index contributed by atoms with van der Waals surface area (Å²) in [6, 6.07) is 6.85. The fraction of sp³-hybridized carbons (Fsp3) is 0.462. The lowest BCUT2D eigenvalue weighted by molar-refractivity contribution is -0.122. The molecule has 0 spiro atoms. The second-order valence-electron chi connectivity index (χ2n) is 4.63. The second kappa shape index (κ2) is 4.24. The fourth-order valence-corrected chi connectivity index (χ4v) is 2.00. The molecule has 1 saturated carbocycles. The molecule has 0 aliphatic heterocycles. The van der Waals surface area contributed by atoms with Gasteiger partial charge < -0.3 is 5.32 Å². The first-order valence-electron chi connectivity index (χ1n) is 5.64. The summed E-state index contributed by atoms with van der Waals surface area (Å²) in [6.45, 7) is 3.86. The highest BCUT2D eigenvalue weighted by atomic mass is 19.1. The van der Waals surface area contributed by atoms with Gasteiger partial charge >= 0.3 is 0 Å². The third-order valence-electron chi connectivity index (χ3n) is 2.86. The molecule has 1 aromatic carbocycles. The molecule has 0 saturated heterocycles. The van der Waals surface area contributed by atoms with Gasteiger partial charge in [0.05, 0.1) is 0 Å². The first kappa shape index (κ1) is 11.1. The molecule has 1 fully saturated rings. The quantitative estimate of drug-likeness (QED) is 0.834. The van der Waals surface area contributed by atoms with E-state index in [1.165, 1.54) is 6.07 Å². The van der Waals surface area contributed by atoms with Crippen LogP contribution in [0.4, 0.5) is 4.39 Å². The SMILES string of the molecule is CC(C)NC(=O)C1CC1c1ccccc1F. The van der Waals surface area contributed by atoms with Crippen LogP contribution >= 0.6 is 0 Å². The third-order valence-corrected chi connectivity index (χ3v) is 2.86. The molecule has 0 aromatic heterocycles. The van der Waals surface area contributed by atoms with Gasteiger partial charge in [-0.15, -0.1) is 0 Å². The molecule has 2 rings (SSSR count). The highest BCUT2D eigenvalue weighted by Gasteiger charge is 2.45. The number of amides is 1. The lowest BCUT2D eigenvalue weighted by Gasteiger charge is -2.08. The fourth-order valence-electron chi connectivity index (χ4n) is 2.00. The van der Waals surface area contributed by atoms with Gasteiger partial charge in [-0.1, -0.05) is 18.2 Å². The molecule has 16 heavy (non-hydrogen) atoms. The molecule has 0 bridgehead atoms. The van der Waals surface area contributed by atoms with Crippen LogP contribution in [0.2, 0.25) is 0 Å². The Bertz CT molecular complexity index is 403. The predicted octanol–water partition coefficient (Wildman–Crippen LogP) is 2.45. The van der Waals surface area contributed by atoms with Crippen molar-refractivity contribution in [3.05, 3.63) is 35.6 Å². The van der Waals surface area contributed by atoms with Crippen LogP contribution in [0.5, 0.6) is 0 Å². The van der Waals surface area contributed by atoms with Crippen LogP contribution in [0, 0.1) is 11.7 Å². The summed E-state index contributed by atoms with van der Waals surface area (Å²) in [5.74, 6) is -0.130. The molecule has 1 N–H and O–H groups in total. The maximum Gasteiger partial charge on any atom is 0.223 e. The Morgan fingerprint density at radius 3 is 2.75 bits per heavy atom. The Labute approximate surface area is 94.9 Å². The van der Waals surface area contributed by atoms with Crippen LogP contribution < -0.4 is 5.32 Å². The monoisotopic (exact) mass is 221 g/mol. The third kappa shape index (κ3) is 2.23. The molecule has 2 nitrogen and oxygen atoms in total. The second-order valence-corrected chi connectivity index (χ2v) is 4.63. The number of benzene rings is 1. The van der Waals surface area contributed by atoms with Gasteiger partial charge in [-0.3, -0.25) is 4.79 Å². The Morgan fingerprint density at radius 2 is 2.12 bits per heavy atom. The average Bonchev–Trinajstić information content (AvgIpc) is 2.97. The van der Waals surface area contributed by atoms with Crippen molar-refractivity contribution in [3.8, 4) is 0 Å². The highest BCUT2D eigenvalue weighted by molar-refractivity contribution is 5.83. The molecular weight excluding hydrogens is 205 g/mol. The average molecular weight is 221 g/mol. The standard InChI is InChI=1S/C13H16FNO/c1-8(2)15-13(16)11-7-10(11)9-5-3-4-6-12(9)14/h3-6,8,10-11H,7H2,1-2H3,(H,15,16). The lowest BCUT2D eigenvalue weighted by atomic mass is 10.1. The van der Waals surface area contributed by atoms with E-state index in [2.05, 4.69) is 5.32 Å². The zero-order valence-corrected chi connectivity index (χ0v) is 9.53. The van der Waals surface area contributed by atoms with Crippen molar-refractivity contribution in [1.29, 1.82) is 0 Å². The number of carbonyl (C=O) groups excluding carboxylic acids is 1. The van der Waals surface area contributed by atoms with Crippen LogP contribution in [0.25, 0.3) is 0 Å². The number of hydrogen-bond acceptors (Lipinski definition) is 1. The minimum absolute atomic E-state index is 0.0423. The number of halogens is 1. The van der Waals surface area contributed by atoms with Gasteiger partial charge in [0.25, 0.3) is 0 Å². The van der Waals surface area contributed by atoms with E-state index in [9.17, 15) is 9.18 Å². The topological polar surface area (TPSA) is 29.1 Å². The Kier molecular flexibility index (Phi) is 2.95. The van der Waals surface area contributed by atoms with Gasteiger partial charge in [-0.25, -0.2) is 4.39 Å². The van der Waals surface area contributed by atoms with E-state index in [1.807, 2.05) is 19.9 Å². The van der Waals surface area contributed by atoms with Crippen LogP contribution in [-0.4, -0.2) is 11.9 Å². The molecule has 1 aromatic rings. The van der Waals surface area contributed by atoms with E-state index >= 15 is 0 Å². The van der Waals surface area contributed by atoms with Crippen molar-refractivity contribution in [3.63, 3.8) is 0 Å². The molecule has 2 unspecified atom stereocenters. The largest absolute Gasteiger partial charge is 0.354 e. The molecule has 0 radical (unpaired) electrons. The number of nitrogens with one attached hydrogen (secondary N) is 1. The number of carbonyl (C=O) groups is 1. The predicted molar refractivity (Wildman–Crippen MR) is 60.5 cm³/mol. The summed E-state index contributed by atoms with van der Waals surface area (Å²) in [5, 5.41) is 2.86. The number of rotatable bonds is 3. The minimum atomic E-state index is -0.202. The summed E-state index contributed by atoms with van der Waals surface area (Å²) in [5.41, 5.74) is 0.673. The maximum absolute atomic E-state index is 13.4. The van der Waals surface area contributed by atoms with Gasteiger partial charge in [-0.05, 0) is 37.8 Å². The van der Waals surface area contributed by atoms with Gasteiger partial charge in [0.2, 0.25) is 5.91 Å². The highest BCUT2D eigenvalue weighted by Crippen LogP contribution is 2.48. The lowest BCUT2D eigenvalue weighted by Crippen LogP contribution is -2.31. The first-order chi connectivity index (χ1) is 7.59. The molecule has 1 amide bonds. The van der Waals surface area contributed by atoms with E-state index < -0.39 is 0 Å². The van der Waals surface area contributed by atoms with E-state index in [4.69, 9.17) is 0 Å². The molecule has 1 aliphatic rings. The van der Waals surface area contributed by atoms with Crippen LogP contribution in [0.15, 0.2) is 24.3 Å². The van der Waals surface area contributed by atoms with Gasteiger partial charge in [0.1, 0.15) is 5.82 Å². The van der Waals surface area contributed by atoms with Gasteiger partial charge in [0, 0.05) is 12.0 Å². The molecule has 86 valence electrons. The summed E-state index contributed by atoms with van der Waals surface area (Å²) in [7, 11) is 0. The van der Waals surface area contributed by atoms with Crippen LogP contribution in [-0.2, 0) is 4.79 Å². The van der Waals surface area contributed by atoms with Crippen molar-refractivity contribution < 1.29 is 9.18 Å². The first-order valence-corrected chi connectivity index (χ1v) is 5.64. The molecule has 1 aliphatic carbocycles. The summed E-state index contributed by atoms with van der Waals surface area (Å²) in [4.78, 5) is 11.7. The normalized spacial score (nSPS) is 23.2. The van der Waals surface area contributed by atoms with E-state index in [0.29, 0.717) is 5.56 Å². The van der Waals surface area contributed by atoms with Crippen molar-refractivity contribution in [1.82, 2.24) is 5.32 Å². The Balaban J connectivity index is 2.02. The van der Waals surface area contributed by atoms with Crippen molar-refractivity contribution in [2.75, 3.05) is 0 Å². The van der Waals surface area contributed by atoms with Gasteiger partial charge in [-0.2, -0.15) is 0 Å². The van der Waals surface area contributed by atoms with E-state index in [-0.39, 0.29) is 29.6 Å². The van der Waals surface area contributed by atoms with Crippen molar-refractivity contribution in [2.24, 2.45) is 5.92 Å². The zero-order chi connectivity index (χ0) is 11.7. The van der Waals surface area contributed by atoms with Crippen LogP contribution in [0.3, 0.4) is 0 Å². The molecular formula is C13H16FNO. The van der Waals surface area contributed by atoms with E-state index in [1.54, 1.807) is 12.1 Å². The minimum Gasteiger partial charge on any atom is -0.354 e. The van der Waals surface area contributed by atoms with E-state index in [0.717, 1.165) is 6.42 Å². The number of hydrogen-bond donors (Lipinski definition) is 1. The molecule has 2 atom stereocenters. The Morgan fingerprint density at radius 1 is 1.44 bits per heavy atom. The summed E-state index contributed by atoms with van der Waals surface area (Å²) in [6.07, 6.45) is 0.763. The van der Waals surface area contributed by atoms with Crippen molar-refractivity contribution in [2.45, 2.75) is 32.2 Å². The molecule has 0 heterocycles. The van der Waals surface area contributed by atoms with Gasteiger partial charge in [0.15, 0.2) is 0 Å². The smallest absolute Gasteiger partial charge is 0.223 e. The summed E-state index contributed by atoms with van der Waals surface area (Å²) < 4.78 is 13.4. The molecule has 3 heteroatoms. The van der Waals surface area contributed by atoms with Crippen LogP contribution in [0.1, 0.15) is 31.7 Å². The summed E-state index contributed by atoms with van der Waals surface area (Å²) >= 11 is 0.